The van der Waals surface area contributed by atoms with Gasteiger partial charge in [-0.15, -0.1) is 0 Å². The highest BCUT2D eigenvalue weighted by atomic mass is 16.5. The first-order valence-corrected chi connectivity index (χ1v) is 4.98. The van der Waals surface area contributed by atoms with E-state index in [2.05, 4.69) is 25.2 Å². The Morgan fingerprint density at radius 2 is 2.21 bits per heavy atom. The van der Waals surface area contributed by atoms with E-state index in [-0.39, 0.29) is 0 Å². The zero-order valence-corrected chi connectivity index (χ0v) is 8.63. The number of anilines is 2. The van der Waals surface area contributed by atoms with E-state index < -0.39 is 0 Å². The first-order chi connectivity index (χ1) is 6.68. The fourth-order valence-corrected chi connectivity index (χ4v) is 1.63. The Morgan fingerprint density at radius 1 is 1.43 bits per heavy atom. The molecule has 76 valence electrons. The van der Waals surface area contributed by atoms with Crippen molar-refractivity contribution in [3.05, 3.63) is 17.7 Å². The van der Waals surface area contributed by atoms with Crippen LogP contribution in [-0.2, 0) is 0 Å². The number of hydrogen-bond donors (Lipinski definition) is 2. The summed E-state index contributed by atoms with van der Waals surface area (Å²) in [5.41, 5.74) is 8.89. The summed E-state index contributed by atoms with van der Waals surface area (Å²) in [5, 5.41) is 3.25. The fourth-order valence-electron chi connectivity index (χ4n) is 1.63. The molecule has 1 heterocycles. The monoisotopic (exact) mass is 192 g/mol. The van der Waals surface area contributed by atoms with Crippen molar-refractivity contribution in [1.82, 2.24) is 0 Å². The van der Waals surface area contributed by atoms with Crippen molar-refractivity contribution >= 4 is 11.4 Å². The van der Waals surface area contributed by atoms with Gasteiger partial charge in [0.05, 0.1) is 5.69 Å². The number of nitrogens with one attached hydrogen (secondary N) is 1. The molecule has 14 heavy (non-hydrogen) atoms. The molecule has 1 aliphatic heterocycles. The van der Waals surface area contributed by atoms with Gasteiger partial charge in [0.25, 0.3) is 0 Å². The average molecular weight is 192 g/mol. The topological polar surface area (TPSA) is 47.3 Å². The molecule has 0 aliphatic carbocycles. The van der Waals surface area contributed by atoms with E-state index >= 15 is 0 Å². The molecule has 0 amide bonds. The van der Waals surface area contributed by atoms with Crippen LogP contribution < -0.4 is 15.8 Å². The summed E-state index contributed by atoms with van der Waals surface area (Å²) in [7, 11) is 0. The number of rotatable bonds is 1. The summed E-state index contributed by atoms with van der Waals surface area (Å²) < 4.78 is 5.55. The molecule has 1 aromatic rings. The van der Waals surface area contributed by atoms with E-state index in [1.807, 2.05) is 6.07 Å². The normalized spacial score (nSPS) is 14.5. The molecule has 3 N–H and O–H groups in total. The van der Waals surface area contributed by atoms with Crippen LogP contribution >= 0.6 is 0 Å². The number of nitrogens with two attached hydrogens (primary N) is 1. The van der Waals surface area contributed by atoms with Crippen molar-refractivity contribution in [2.45, 2.75) is 19.8 Å². The zero-order valence-electron chi connectivity index (χ0n) is 8.63. The van der Waals surface area contributed by atoms with Crippen LogP contribution in [0, 0.1) is 0 Å². The molecule has 0 saturated heterocycles. The van der Waals surface area contributed by atoms with Gasteiger partial charge in [-0.05, 0) is 23.6 Å². The fraction of sp³-hybridized carbons (Fsp3) is 0.455. The van der Waals surface area contributed by atoms with Crippen LogP contribution in [0.5, 0.6) is 5.75 Å². The van der Waals surface area contributed by atoms with Gasteiger partial charge in [-0.25, -0.2) is 0 Å². The molecule has 0 atom stereocenters. The van der Waals surface area contributed by atoms with Gasteiger partial charge in [0.2, 0.25) is 0 Å². The standard InChI is InChI=1S/C11H16N2O/c1-7(2)8-5-9(12)11-10(6-8)14-4-3-13-11/h5-7,13H,3-4,12H2,1-2H3. The summed E-state index contributed by atoms with van der Waals surface area (Å²) >= 11 is 0. The van der Waals surface area contributed by atoms with Gasteiger partial charge in [-0.1, -0.05) is 13.8 Å². The van der Waals surface area contributed by atoms with Gasteiger partial charge in [0.15, 0.2) is 0 Å². The second kappa shape index (κ2) is 3.40. The first-order valence-electron chi connectivity index (χ1n) is 4.98. The van der Waals surface area contributed by atoms with Crippen molar-refractivity contribution in [2.75, 3.05) is 24.2 Å². The van der Waals surface area contributed by atoms with E-state index in [1.165, 1.54) is 5.56 Å². The van der Waals surface area contributed by atoms with E-state index in [0.717, 1.165) is 23.7 Å². The van der Waals surface area contributed by atoms with Crippen LogP contribution in [0.15, 0.2) is 12.1 Å². The molecular formula is C11H16N2O. The maximum Gasteiger partial charge on any atom is 0.144 e. The van der Waals surface area contributed by atoms with Crippen molar-refractivity contribution < 1.29 is 4.74 Å². The van der Waals surface area contributed by atoms with Gasteiger partial charge in [-0.2, -0.15) is 0 Å². The SMILES string of the molecule is CC(C)c1cc(N)c2c(c1)OCCN2. The van der Waals surface area contributed by atoms with Crippen molar-refractivity contribution in [3.8, 4) is 5.75 Å². The minimum atomic E-state index is 0.480. The molecule has 0 fully saturated rings. The predicted octanol–water partition coefficient (Wildman–Crippen LogP) is 2.20. The second-order valence-electron chi connectivity index (χ2n) is 3.91. The molecule has 0 bridgehead atoms. The van der Waals surface area contributed by atoms with Crippen LogP contribution in [0.3, 0.4) is 0 Å². The Bertz CT molecular complexity index is 347. The lowest BCUT2D eigenvalue weighted by molar-refractivity contribution is 0.323. The molecule has 3 heteroatoms. The van der Waals surface area contributed by atoms with Crippen LogP contribution in [0.4, 0.5) is 11.4 Å². The average Bonchev–Trinajstić information content (AvgIpc) is 2.17. The second-order valence-corrected chi connectivity index (χ2v) is 3.91. The Labute approximate surface area is 84.3 Å². The number of ether oxygens (including phenoxy) is 1. The highest BCUT2D eigenvalue weighted by Gasteiger charge is 2.14. The summed E-state index contributed by atoms with van der Waals surface area (Å²) in [6.45, 7) is 5.85. The maximum atomic E-state index is 5.94. The molecule has 1 aliphatic rings. The van der Waals surface area contributed by atoms with Crippen LogP contribution in [0.25, 0.3) is 0 Å². The lowest BCUT2D eigenvalue weighted by Crippen LogP contribution is -2.19. The highest BCUT2D eigenvalue weighted by molar-refractivity contribution is 5.75. The molecule has 0 spiro atoms. The summed E-state index contributed by atoms with van der Waals surface area (Å²) in [5.74, 6) is 1.37. The maximum absolute atomic E-state index is 5.94. The van der Waals surface area contributed by atoms with Crippen LogP contribution in [0.2, 0.25) is 0 Å². The Balaban J connectivity index is 2.46. The molecule has 0 saturated carbocycles. The lowest BCUT2D eigenvalue weighted by Gasteiger charge is -2.22. The van der Waals surface area contributed by atoms with Gasteiger partial charge in [0, 0.05) is 6.54 Å². The highest BCUT2D eigenvalue weighted by Crippen LogP contribution is 2.36. The van der Waals surface area contributed by atoms with Gasteiger partial charge < -0.3 is 15.8 Å². The van der Waals surface area contributed by atoms with E-state index in [9.17, 15) is 0 Å². The van der Waals surface area contributed by atoms with E-state index in [0.29, 0.717) is 12.5 Å². The number of nitrogen functional groups attached to an aromatic ring is 1. The Hall–Kier alpha value is -1.38. The number of benzene rings is 1. The molecule has 0 unspecified atom stereocenters. The number of hydrogen-bond acceptors (Lipinski definition) is 3. The largest absolute Gasteiger partial charge is 0.489 e. The third kappa shape index (κ3) is 1.50. The van der Waals surface area contributed by atoms with Gasteiger partial charge >= 0.3 is 0 Å². The molecule has 0 aromatic heterocycles. The molecule has 2 rings (SSSR count). The molecule has 1 aromatic carbocycles. The Kier molecular flexibility index (Phi) is 2.23. The van der Waals surface area contributed by atoms with Gasteiger partial charge in [-0.3, -0.25) is 0 Å². The summed E-state index contributed by atoms with van der Waals surface area (Å²) in [6.07, 6.45) is 0. The van der Waals surface area contributed by atoms with Crippen molar-refractivity contribution in [2.24, 2.45) is 0 Å². The molecule has 0 radical (unpaired) electrons. The third-order valence-electron chi connectivity index (χ3n) is 2.48. The molecular weight excluding hydrogens is 176 g/mol. The van der Waals surface area contributed by atoms with Crippen LogP contribution in [0.1, 0.15) is 25.3 Å². The van der Waals surface area contributed by atoms with Crippen molar-refractivity contribution in [1.29, 1.82) is 0 Å². The zero-order chi connectivity index (χ0) is 10.1. The van der Waals surface area contributed by atoms with E-state index in [1.54, 1.807) is 0 Å². The minimum Gasteiger partial charge on any atom is -0.489 e. The Morgan fingerprint density at radius 3 is 2.93 bits per heavy atom. The lowest BCUT2D eigenvalue weighted by atomic mass is 10.0. The summed E-state index contributed by atoms with van der Waals surface area (Å²) in [4.78, 5) is 0. The van der Waals surface area contributed by atoms with E-state index in [4.69, 9.17) is 10.5 Å². The van der Waals surface area contributed by atoms with Gasteiger partial charge in [0.1, 0.15) is 18.0 Å². The van der Waals surface area contributed by atoms with Crippen LogP contribution in [-0.4, -0.2) is 13.2 Å². The smallest absolute Gasteiger partial charge is 0.144 e. The minimum absolute atomic E-state index is 0.480. The predicted molar refractivity (Wildman–Crippen MR) is 58.9 cm³/mol. The molecule has 3 nitrogen and oxygen atoms in total. The summed E-state index contributed by atoms with van der Waals surface area (Å²) in [6, 6.07) is 4.09. The quantitative estimate of drug-likeness (QED) is 0.670. The van der Waals surface area contributed by atoms with Crippen molar-refractivity contribution in [3.63, 3.8) is 0 Å². The third-order valence-corrected chi connectivity index (χ3v) is 2.48. The number of fused-ring (bicyclic) bond motifs is 1. The first kappa shape index (κ1) is 9.19.